The minimum absolute atomic E-state index is 0.0773. The van der Waals surface area contributed by atoms with Crippen molar-refractivity contribution in [3.05, 3.63) is 47.8 Å². The Morgan fingerprint density at radius 3 is 2.58 bits per heavy atom. The molecular formula is C22H29N7O2. The summed E-state index contributed by atoms with van der Waals surface area (Å²) >= 11 is 0. The fourth-order valence-electron chi connectivity index (χ4n) is 4.03. The Hall–Kier alpha value is -3.20. The van der Waals surface area contributed by atoms with E-state index in [1.54, 1.807) is 23.4 Å². The molecule has 0 saturated carbocycles. The van der Waals surface area contributed by atoms with Gasteiger partial charge in [0.2, 0.25) is 5.95 Å². The van der Waals surface area contributed by atoms with Crippen molar-refractivity contribution in [2.45, 2.75) is 13.3 Å². The van der Waals surface area contributed by atoms with Gasteiger partial charge in [0.05, 0.1) is 0 Å². The van der Waals surface area contributed by atoms with Gasteiger partial charge in [-0.15, -0.1) is 0 Å². The van der Waals surface area contributed by atoms with Gasteiger partial charge >= 0.3 is 6.03 Å². The van der Waals surface area contributed by atoms with Gasteiger partial charge in [-0.05, 0) is 49.7 Å². The van der Waals surface area contributed by atoms with Crippen LogP contribution >= 0.6 is 0 Å². The molecule has 0 unspecified atom stereocenters. The van der Waals surface area contributed by atoms with E-state index in [9.17, 15) is 9.59 Å². The molecule has 0 spiro atoms. The number of carbonyl (C=O) groups excluding carboxylic acids is 2. The summed E-state index contributed by atoms with van der Waals surface area (Å²) < 4.78 is 0. The molecule has 1 aromatic carbocycles. The van der Waals surface area contributed by atoms with Crippen LogP contribution in [0.2, 0.25) is 0 Å². The largest absolute Gasteiger partial charge is 0.352 e. The maximum atomic E-state index is 12.5. The first-order chi connectivity index (χ1) is 15.1. The summed E-state index contributed by atoms with van der Waals surface area (Å²) in [5.74, 6) is 0.715. The van der Waals surface area contributed by atoms with Crippen molar-refractivity contribution in [2.75, 3.05) is 62.2 Å². The zero-order valence-corrected chi connectivity index (χ0v) is 17.9. The second kappa shape index (κ2) is 9.74. The van der Waals surface area contributed by atoms with E-state index in [-0.39, 0.29) is 11.9 Å². The van der Waals surface area contributed by atoms with Gasteiger partial charge in [0.1, 0.15) is 0 Å². The minimum Gasteiger partial charge on any atom is -0.352 e. The molecule has 4 rings (SSSR count). The van der Waals surface area contributed by atoms with Crippen molar-refractivity contribution in [1.82, 2.24) is 25.5 Å². The molecule has 31 heavy (non-hydrogen) atoms. The Labute approximate surface area is 182 Å². The lowest BCUT2D eigenvalue weighted by Gasteiger charge is -2.34. The molecular weight excluding hydrogens is 394 g/mol. The lowest BCUT2D eigenvalue weighted by atomic mass is 10.1. The molecule has 0 radical (unpaired) electrons. The third-order valence-corrected chi connectivity index (χ3v) is 5.75. The zero-order chi connectivity index (χ0) is 21.6. The van der Waals surface area contributed by atoms with E-state index in [2.05, 4.69) is 30.4 Å². The third-order valence-electron chi connectivity index (χ3n) is 5.75. The van der Waals surface area contributed by atoms with E-state index in [1.165, 1.54) is 0 Å². The van der Waals surface area contributed by atoms with Crippen LogP contribution in [0, 0.1) is 6.92 Å². The van der Waals surface area contributed by atoms with Crippen molar-refractivity contribution in [1.29, 1.82) is 0 Å². The van der Waals surface area contributed by atoms with E-state index in [0.29, 0.717) is 25.2 Å². The Balaban J connectivity index is 1.19. The molecule has 3 amide bonds. The van der Waals surface area contributed by atoms with Crippen molar-refractivity contribution in [2.24, 2.45) is 0 Å². The molecule has 2 N–H and O–H groups in total. The molecule has 0 atom stereocenters. The summed E-state index contributed by atoms with van der Waals surface area (Å²) in [6.07, 6.45) is 4.45. The zero-order valence-electron chi connectivity index (χ0n) is 17.9. The molecule has 9 heteroatoms. The van der Waals surface area contributed by atoms with Crippen molar-refractivity contribution in [3.8, 4) is 0 Å². The predicted molar refractivity (Wildman–Crippen MR) is 120 cm³/mol. The molecule has 0 bridgehead atoms. The number of anilines is 2. The van der Waals surface area contributed by atoms with Gasteiger partial charge in [0, 0.05) is 69.5 Å². The van der Waals surface area contributed by atoms with Gasteiger partial charge in [-0.2, -0.15) is 0 Å². The number of hydrogen-bond acceptors (Lipinski definition) is 6. The van der Waals surface area contributed by atoms with Crippen LogP contribution in [0.25, 0.3) is 0 Å². The van der Waals surface area contributed by atoms with E-state index in [0.717, 1.165) is 56.3 Å². The number of rotatable bonds is 7. The molecule has 2 fully saturated rings. The molecule has 3 heterocycles. The number of benzene rings is 1. The molecule has 0 aliphatic carbocycles. The smallest absolute Gasteiger partial charge is 0.322 e. The SMILES string of the molecule is Cc1cc(C(=O)NCCCN2CCN(c3ncccn3)CC2)ccc1N1CCNC1=O. The van der Waals surface area contributed by atoms with E-state index >= 15 is 0 Å². The van der Waals surface area contributed by atoms with Crippen LogP contribution in [0.3, 0.4) is 0 Å². The topological polar surface area (TPSA) is 93.7 Å². The Morgan fingerprint density at radius 1 is 1.13 bits per heavy atom. The van der Waals surface area contributed by atoms with Crippen LogP contribution in [0.15, 0.2) is 36.7 Å². The summed E-state index contributed by atoms with van der Waals surface area (Å²) in [7, 11) is 0. The van der Waals surface area contributed by atoms with Crippen LogP contribution < -0.4 is 20.4 Å². The van der Waals surface area contributed by atoms with Gasteiger partial charge in [-0.3, -0.25) is 14.6 Å². The standard InChI is InChI=1S/C22H29N7O2/c1-17-16-18(4-5-19(17)29-11-9-26-22(29)31)20(30)23-8-3-10-27-12-14-28(15-13-27)21-24-6-2-7-25-21/h2,4-7,16H,3,8-15H2,1H3,(H,23,30)(H,26,31). The molecule has 164 valence electrons. The second-order valence-corrected chi connectivity index (χ2v) is 7.87. The van der Waals surface area contributed by atoms with Gasteiger partial charge < -0.3 is 15.5 Å². The van der Waals surface area contributed by atoms with Gasteiger partial charge in [0.25, 0.3) is 5.91 Å². The van der Waals surface area contributed by atoms with E-state index in [1.807, 2.05) is 25.1 Å². The first-order valence-corrected chi connectivity index (χ1v) is 10.8. The van der Waals surface area contributed by atoms with Crippen LogP contribution in [-0.2, 0) is 0 Å². The Morgan fingerprint density at radius 2 is 1.90 bits per heavy atom. The van der Waals surface area contributed by atoms with E-state index in [4.69, 9.17) is 0 Å². The number of nitrogens with zero attached hydrogens (tertiary/aromatic N) is 5. The number of hydrogen-bond donors (Lipinski definition) is 2. The van der Waals surface area contributed by atoms with Crippen LogP contribution in [0.4, 0.5) is 16.4 Å². The Bertz CT molecular complexity index is 913. The van der Waals surface area contributed by atoms with Crippen molar-refractivity contribution >= 4 is 23.6 Å². The normalized spacial score (nSPS) is 17.0. The average Bonchev–Trinajstić information content (AvgIpc) is 3.23. The summed E-state index contributed by atoms with van der Waals surface area (Å²) in [5.41, 5.74) is 2.40. The number of piperazine rings is 1. The molecule has 1 aromatic heterocycles. The predicted octanol–water partition coefficient (Wildman–Crippen LogP) is 1.26. The van der Waals surface area contributed by atoms with E-state index < -0.39 is 0 Å². The molecule has 2 aliphatic rings. The third kappa shape index (κ3) is 5.11. The number of aryl methyl sites for hydroxylation is 1. The number of urea groups is 1. The fraction of sp³-hybridized carbons (Fsp3) is 0.455. The first kappa shape index (κ1) is 21.0. The molecule has 2 aliphatic heterocycles. The summed E-state index contributed by atoms with van der Waals surface area (Å²) in [6, 6.07) is 7.23. The molecule has 2 aromatic rings. The minimum atomic E-state index is -0.0857. The van der Waals surface area contributed by atoms with Crippen molar-refractivity contribution in [3.63, 3.8) is 0 Å². The van der Waals surface area contributed by atoms with Crippen LogP contribution in [-0.4, -0.2) is 79.2 Å². The quantitative estimate of drug-likeness (QED) is 0.651. The van der Waals surface area contributed by atoms with Crippen molar-refractivity contribution < 1.29 is 9.59 Å². The highest BCUT2D eigenvalue weighted by Gasteiger charge is 2.23. The monoisotopic (exact) mass is 423 g/mol. The summed E-state index contributed by atoms with van der Waals surface area (Å²) in [6.45, 7) is 8.58. The molecule has 2 saturated heterocycles. The van der Waals surface area contributed by atoms with Gasteiger partial charge in [-0.1, -0.05) is 0 Å². The number of amides is 3. The maximum Gasteiger partial charge on any atom is 0.322 e. The number of nitrogens with one attached hydrogen (secondary N) is 2. The second-order valence-electron chi connectivity index (χ2n) is 7.87. The lowest BCUT2D eigenvalue weighted by Crippen LogP contribution is -2.47. The number of aromatic nitrogens is 2. The van der Waals surface area contributed by atoms with Gasteiger partial charge in [0.15, 0.2) is 0 Å². The Kier molecular flexibility index (Phi) is 6.61. The summed E-state index contributed by atoms with van der Waals surface area (Å²) in [4.78, 5) is 39.3. The first-order valence-electron chi connectivity index (χ1n) is 10.8. The maximum absolute atomic E-state index is 12.5. The van der Waals surface area contributed by atoms with Gasteiger partial charge in [-0.25, -0.2) is 14.8 Å². The fourth-order valence-corrected chi connectivity index (χ4v) is 4.03. The highest BCUT2D eigenvalue weighted by Crippen LogP contribution is 2.22. The average molecular weight is 424 g/mol. The highest BCUT2D eigenvalue weighted by molar-refractivity contribution is 5.97. The highest BCUT2D eigenvalue weighted by atomic mass is 16.2. The number of carbonyl (C=O) groups is 2. The summed E-state index contributed by atoms with van der Waals surface area (Å²) in [5, 5.41) is 5.81. The van der Waals surface area contributed by atoms with Crippen LogP contribution in [0.1, 0.15) is 22.3 Å². The lowest BCUT2D eigenvalue weighted by molar-refractivity contribution is 0.0951. The van der Waals surface area contributed by atoms with Crippen LogP contribution in [0.5, 0.6) is 0 Å². The molecule has 9 nitrogen and oxygen atoms in total.